The lowest BCUT2D eigenvalue weighted by Gasteiger charge is -2.16. The minimum Gasteiger partial charge on any atom is -0.504 e. The summed E-state index contributed by atoms with van der Waals surface area (Å²) >= 11 is 0. The van der Waals surface area contributed by atoms with Crippen LogP contribution in [0.25, 0.3) is 11.1 Å². The third kappa shape index (κ3) is 2.63. The Morgan fingerprint density at radius 3 is 2.36 bits per heavy atom. The van der Waals surface area contributed by atoms with Crippen LogP contribution in [0.3, 0.4) is 0 Å². The van der Waals surface area contributed by atoms with Crippen LogP contribution in [-0.2, 0) is 0 Å². The molecule has 0 atom stereocenters. The fourth-order valence-corrected chi connectivity index (χ4v) is 2.16. The third-order valence-electron chi connectivity index (χ3n) is 3.17. The molecule has 0 heterocycles. The van der Waals surface area contributed by atoms with Gasteiger partial charge >= 0.3 is 0 Å². The molecular weight excluding hydrogens is 288 g/mol. The average Bonchev–Trinajstić information content (AvgIpc) is 2.51. The number of methoxy groups -OCH3 is 1. The highest BCUT2D eigenvalue weighted by Gasteiger charge is 2.20. The van der Waals surface area contributed by atoms with Gasteiger partial charge in [-0.2, -0.15) is 0 Å². The van der Waals surface area contributed by atoms with Crippen LogP contribution in [0.15, 0.2) is 24.3 Å². The zero-order valence-corrected chi connectivity index (χ0v) is 12.2. The van der Waals surface area contributed by atoms with E-state index in [-0.39, 0.29) is 39.7 Å². The van der Waals surface area contributed by atoms with Crippen LogP contribution in [0.1, 0.15) is 17.3 Å². The largest absolute Gasteiger partial charge is 0.504 e. The van der Waals surface area contributed by atoms with Crippen molar-refractivity contribution < 1.29 is 29.6 Å². The van der Waals surface area contributed by atoms with Gasteiger partial charge in [-0.15, -0.1) is 0 Å². The number of phenolic OH excluding ortho intramolecular Hbond substituents is 3. The second kappa shape index (κ2) is 6.26. The minimum absolute atomic E-state index is 0.160. The number of hydrogen-bond acceptors (Lipinski definition) is 6. The summed E-state index contributed by atoms with van der Waals surface area (Å²) in [6, 6.07) is 5.40. The van der Waals surface area contributed by atoms with Gasteiger partial charge in [-0.1, -0.05) is 0 Å². The van der Waals surface area contributed by atoms with Gasteiger partial charge in [0.25, 0.3) is 0 Å². The van der Waals surface area contributed by atoms with Gasteiger partial charge in [0.2, 0.25) is 0 Å². The van der Waals surface area contributed by atoms with Gasteiger partial charge in [-0.25, -0.2) is 0 Å². The van der Waals surface area contributed by atoms with Crippen molar-refractivity contribution >= 4 is 6.29 Å². The van der Waals surface area contributed by atoms with Gasteiger partial charge in [0, 0.05) is 22.8 Å². The molecule has 6 nitrogen and oxygen atoms in total. The molecule has 0 unspecified atom stereocenters. The number of aldehydes is 1. The molecule has 0 spiro atoms. The summed E-state index contributed by atoms with van der Waals surface area (Å²) in [5.41, 5.74) is 0.632. The topological polar surface area (TPSA) is 96.2 Å². The van der Waals surface area contributed by atoms with Crippen LogP contribution in [0.5, 0.6) is 28.7 Å². The van der Waals surface area contributed by atoms with Gasteiger partial charge in [0.05, 0.1) is 13.7 Å². The molecule has 0 saturated heterocycles. The van der Waals surface area contributed by atoms with Crippen LogP contribution in [0.4, 0.5) is 0 Å². The number of phenols is 3. The molecule has 6 heteroatoms. The average molecular weight is 304 g/mol. The molecule has 22 heavy (non-hydrogen) atoms. The Morgan fingerprint density at radius 1 is 1.09 bits per heavy atom. The summed E-state index contributed by atoms with van der Waals surface area (Å²) in [5.74, 6) is -0.599. The summed E-state index contributed by atoms with van der Waals surface area (Å²) in [4.78, 5) is 11.3. The summed E-state index contributed by atoms with van der Waals surface area (Å²) < 4.78 is 10.5. The van der Waals surface area contributed by atoms with Crippen molar-refractivity contribution in [3.05, 3.63) is 29.8 Å². The maximum Gasteiger partial charge on any atom is 0.166 e. The lowest BCUT2D eigenvalue weighted by molar-refractivity contribution is 0.112. The second-order valence-electron chi connectivity index (χ2n) is 4.47. The normalized spacial score (nSPS) is 10.3. The van der Waals surface area contributed by atoms with Crippen molar-refractivity contribution in [1.29, 1.82) is 0 Å². The summed E-state index contributed by atoms with van der Waals surface area (Å²) in [7, 11) is 1.39. The van der Waals surface area contributed by atoms with E-state index in [4.69, 9.17) is 9.47 Å². The number of benzene rings is 2. The summed E-state index contributed by atoms with van der Waals surface area (Å²) in [6.07, 6.45) is 0.578. The Balaban J connectivity index is 2.80. The van der Waals surface area contributed by atoms with Gasteiger partial charge in [0.1, 0.15) is 5.75 Å². The second-order valence-corrected chi connectivity index (χ2v) is 4.47. The van der Waals surface area contributed by atoms with Crippen molar-refractivity contribution in [2.75, 3.05) is 13.7 Å². The number of aromatic hydroxyl groups is 3. The highest BCUT2D eigenvalue weighted by Crippen LogP contribution is 2.46. The van der Waals surface area contributed by atoms with Crippen LogP contribution < -0.4 is 9.47 Å². The fourth-order valence-electron chi connectivity index (χ4n) is 2.16. The first-order valence-corrected chi connectivity index (χ1v) is 6.57. The highest BCUT2D eigenvalue weighted by molar-refractivity contribution is 5.94. The Labute approximate surface area is 127 Å². The molecule has 2 aromatic rings. The van der Waals surface area contributed by atoms with Gasteiger partial charge in [-0.3, -0.25) is 4.79 Å². The van der Waals surface area contributed by atoms with Gasteiger partial charge in [0.15, 0.2) is 29.3 Å². The lowest BCUT2D eigenvalue weighted by Crippen LogP contribution is -1.97. The van der Waals surface area contributed by atoms with Crippen LogP contribution in [-0.4, -0.2) is 35.3 Å². The van der Waals surface area contributed by atoms with Gasteiger partial charge in [-0.05, 0) is 25.1 Å². The van der Waals surface area contributed by atoms with E-state index in [1.807, 2.05) is 0 Å². The molecule has 3 N–H and O–H groups in total. The van der Waals surface area contributed by atoms with E-state index >= 15 is 0 Å². The summed E-state index contributed by atoms with van der Waals surface area (Å²) in [6.45, 7) is 2.05. The van der Waals surface area contributed by atoms with Crippen LogP contribution in [0.2, 0.25) is 0 Å². The SMILES string of the molecule is CCOc1cc(O)c(O)cc1-c1c(C=O)ccc(OC)c1O. The molecule has 2 aromatic carbocycles. The molecule has 0 aliphatic rings. The number of carbonyl (C=O) groups excluding carboxylic acids is 1. The number of ether oxygens (including phenoxy) is 2. The minimum atomic E-state index is -0.391. The molecule has 0 radical (unpaired) electrons. The van der Waals surface area contributed by atoms with E-state index in [1.54, 1.807) is 6.92 Å². The fraction of sp³-hybridized carbons (Fsp3) is 0.188. The third-order valence-corrected chi connectivity index (χ3v) is 3.17. The van der Waals surface area contributed by atoms with E-state index in [0.29, 0.717) is 12.9 Å². The first-order chi connectivity index (χ1) is 10.5. The molecule has 2 rings (SSSR count). The Kier molecular flexibility index (Phi) is 4.41. The predicted octanol–water partition coefficient (Wildman–Crippen LogP) is 2.69. The van der Waals surface area contributed by atoms with E-state index in [9.17, 15) is 20.1 Å². The van der Waals surface area contributed by atoms with Crippen LogP contribution >= 0.6 is 0 Å². The van der Waals surface area contributed by atoms with Crippen molar-refractivity contribution in [3.8, 4) is 39.9 Å². The molecule has 0 aromatic heterocycles. The van der Waals surface area contributed by atoms with Crippen molar-refractivity contribution in [2.45, 2.75) is 6.92 Å². The Morgan fingerprint density at radius 2 is 1.77 bits per heavy atom. The molecule has 0 fully saturated rings. The maximum absolute atomic E-state index is 11.3. The van der Waals surface area contributed by atoms with Crippen molar-refractivity contribution in [1.82, 2.24) is 0 Å². The van der Waals surface area contributed by atoms with E-state index in [0.717, 1.165) is 0 Å². The molecule has 0 amide bonds. The number of hydrogen-bond donors (Lipinski definition) is 3. The quantitative estimate of drug-likeness (QED) is 0.580. The smallest absolute Gasteiger partial charge is 0.166 e. The number of carbonyl (C=O) groups is 1. The maximum atomic E-state index is 11.3. The standard InChI is InChI=1S/C16H16O6/c1-3-22-14-7-12(19)11(18)6-10(14)15-9(8-17)4-5-13(21-2)16(15)20/h4-8,18-20H,3H2,1-2H3. The number of rotatable bonds is 5. The van der Waals surface area contributed by atoms with E-state index in [1.165, 1.54) is 31.4 Å². The molecule has 116 valence electrons. The highest BCUT2D eigenvalue weighted by atomic mass is 16.5. The van der Waals surface area contributed by atoms with E-state index < -0.39 is 5.75 Å². The van der Waals surface area contributed by atoms with Crippen LogP contribution in [0, 0.1) is 0 Å². The molecule has 0 aliphatic carbocycles. The lowest BCUT2D eigenvalue weighted by atomic mass is 9.97. The Bertz CT molecular complexity index is 708. The van der Waals surface area contributed by atoms with Gasteiger partial charge < -0.3 is 24.8 Å². The Hall–Kier alpha value is -2.89. The zero-order valence-electron chi connectivity index (χ0n) is 12.2. The zero-order chi connectivity index (χ0) is 16.3. The first-order valence-electron chi connectivity index (χ1n) is 6.57. The van der Waals surface area contributed by atoms with E-state index in [2.05, 4.69) is 0 Å². The van der Waals surface area contributed by atoms with Crippen molar-refractivity contribution in [2.24, 2.45) is 0 Å². The summed E-state index contributed by atoms with van der Waals surface area (Å²) in [5, 5.41) is 29.7. The predicted molar refractivity (Wildman–Crippen MR) is 80.0 cm³/mol. The molecule has 0 saturated carbocycles. The monoisotopic (exact) mass is 304 g/mol. The molecular formula is C16H16O6. The first kappa shape index (κ1) is 15.5. The molecule has 0 aliphatic heterocycles. The molecule has 0 bridgehead atoms. The van der Waals surface area contributed by atoms with Crippen molar-refractivity contribution in [3.63, 3.8) is 0 Å².